The van der Waals surface area contributed by atoms with Crippen molar-refractivity contribution in [3.8, 4) is 16.9 Å². The van der Waals surface area contributed by atoms with Gasteiger partial charge >= 0.3 is 0 Å². The predicted molar refractivity (Wildman–Crippen MR) is 73.4 cm³/mol. The van der Waals surface area contributed by atoms with E-state index in [0.717, 1.165) is 11.1 Å². The molecule has 0 unspecified atom stereocenters. The fourth-order valence-corrected chi connectivity index (χ4v) is 1.93. The Bertz CT molecular complexity index is 574. The van der Waals surface area contributed by atoms with Gasteiger partial charge in [-0.3, -0.25) is 4.79 Å². The Morgan fingerprint density at radius 3 is 2.22 bits per heavy atom. The molecule has 2 aromatic rings. The van der Waals surface area contributed by atoms with Crippen LogP contribution in [0.1, 0.15) is 17.3 Å². The number of hydrogen-bond acceptors (Lipinski definition) is 2. The number of ketones is 1. The first-order valence-corrected chi connectivity index (χ1v) is 5.94. The van der Waals surface area contributed by atoms with Crippen LogP contribution in [0.25, 0.3) is 11.1 Å². The summed E-state index contributed by atoms with van der Waals surface area (Å²) in [5.74, 6) is 0.587. The second kappa shape index (κ2) is 5.23. The van der Waals surface area contributed by atoms with Gasteiger partial charge in [-0.25, -0.2) is 0 Å². The second-order valence-corrected chi connectivity index (χ2v) is 4.41. The predicted octanol–water partition coefficient (Wildman–Crippen LogP) is 4.22. The molecule has 2 nitrogen and oxygen atoms in total. The highest BCUT2D eigenvalue weighted by molar-refractivity contribution is 6.30. The van der Waals surface area contributed by atoms with E-state index in [4.69, 9.17) is 16.3 Å². The van der Waals surface area contributed by atoms with E-state index < -0.39 is 0 Å². The maximum atomic E-state index is 11.4. The Balaban J connectivity index is 2.47. The van der Waals surface area contributed by atoms with Gasteiger partial charge in [0.1, 0.15) is 5.75 Å². The second-order valence-electron chi connectivity index (χ2n) is 3.98. The third-order valence-electron chi connectivity index (χ3n) is 2.76. The first-order valence-electron chi connectivity index (χ1n) is 5.56. The van der Waals surface area contributed by atoms with Crippen molar-refractivity contribution < 1.29 is 9.53 Å². The average Bonchev–Trinajstić information content (AvgIpc) is 2.38. The molecule has 0 N–H and O–H groups in total. The van der Waals surface area contributed by atoms with E-state index in [9.17, 15) is 4.79 Å². The Hall–Kier alpha value is -1.80. The lowest BCUT2D eigenvalue weighted by Crippen LogP contribution is -1.97. The number of benzene rings is 2. The normalized spacial score (nSPS) is 10.2. The highest BCUT2D eigenvalue weighted by Crippen LogP contribution is 2.28. The SMILES string of the molecule is COc1cc(-c2ccc(Cl)cc2)ccc1C(C)=O. The molecule has 0 atom stereocenters. The molecule has 0 aliphatic heterocycles. The third-order valence-corrected chi connectivity index (χ3v) is 3.01. The molecule has 0 fully saturated rings. The van der Waals surface area contributed by atoms with Crippen LogP contribution in [0.4, 0.5) is 0 Å². The van der Waals surface area contributed by atoms with Crippen molar-refractivity contribution in [3.63, 3.8) is 0 Å². The Labute approximate surface area is 111 Å². The van der Waals surface area contributed by atoms with Crippen molar-refractivity contribution in [2.45, 2.75) is 6.92 Å². The summed E-state index contributed by atoms with van der Waals surface area (Å²) in [6, 6.07) is 13.1. The number of halogens is 1. The summed E-state index contributed by atoms with van der Waals surface area (Å²) in [6.45, 7) is 1.53. The summed E-state index contributed by atoms with van der Waals surface area (Å²) in [7, 11) is 1.56. The lowest BCUT2D eigenvalue weighted by Gasteiger charge is -2.09. The van der Waals surface area contributed by atoms with Crippen molar-refractivity contribution in [1.82, 2.24) is 0 Å². The molecule has 0 aromatic heterocycles. The molecule has 2 aromatic carbocycles. The highest BCUT2D eigenvalue weighted by Gasteiger charge is 2.09. The van der Waals surface area contributed by atoms with Gasteiger partial charge in [-0.2, -0.15) is 0 Å². The van der Waals surface area contributed by atoms with E-state index in [2.05, 4.69) is 0 Å². The molecule has 0 heterocycles. The third kappa shape index (κ3) is 2.54. The molecule has 0 saturated carbocycles. The molecule has 2 rings (SSSR count). The van der Waals surface area contributed by atoms with Crippen LogP contribution in [0, 0.1) is 0 Å². The fraction of sp³-hybridized carbons (Fsp3) is 0.133. The van der Waals surface area contributed by atoms with Crippen LogP contribution in [0.3, 0.4) is 0 Å². The van der Waals surface area contributed by atoms with Gasteiger partial charge in [0.2, 0.25) is 0 Å². The van der Waals surface area contributed by atoms with Gasteiger partial charge in [0, 0.05) is 5.02 Å². The Kier molecular flexibility index (Phi) is 3.68. The van der Waals surface area contributed by atoms with Crippen molar-refractivity contribution >= 4 is 17.4 Å². The monoisotopic (exact) mass is 260 g/mol. The topological polar surface area (TPSA) is 26.3 Å². The van der Waals surface area contributed by atoms with E-state index in [1.54, 1.807) is 13.2 Å². The molecule has 0 radical (unpaired) electrons. The van der Waals surface area contributed by atoms with Crippen LogP contribution >= 0.6 is 11.6 Å². The van der Waals surface area contributed by atoms with E-state index in [-0.39, 0.29) is 5.78 Å². The maximum Gasteiger partial charge on any atom is 0.163 e. The molecule has 3 heteroatoms. The van der Waals surface area contributed by atoms with Gasteiger partial charge in [-0.05, 0) is 42.3 Å². The van der Waals surface area contributed by atoms with E-state index >= 15 is 0 Å². The van der Waals surface area contributed by atoms with Crippen molar-refractivity contribution in [1.29, 1.82) is 0 Å². The lowest BCUT2D eigenvalue weighted by atomic mass is 10.0. The number of carbonyl (C=O) groups excluding carboxylic acids is 1. The summed E-state index contributed by atoms with van der Waals surface area (Å²) in [5, 5.41) is 0.700. The number of hydrogen-bond donors (Lipinski definition) is 0. The van der Waals surface area contributed by atoms with Gasteiger partial charge in [0.25, 0.3) is 0 Å². The first-order chi connectivity index (χ1) is 8.61. The van der Waals surface area contributed by atoms with Crippen LogP contribution in [0.5, 0.6) is 5.75 Å². The van der Waals surface area contributed by atoms with Crippen LogP contribution in [-0.4, -0.2) is 12.9 Å². The van der Waals surface area contributed by atoms with Crippen LogP contribution in [-0.2, 0) is 0 Å². The minimum absolute atomic E-state index is 0.00509. The number of methoxy groups -OCH3 is 1. The zero-order valence-corrected chi connectivity index (χ0v) is 11.0. The summed E-state index contributed by atoms with van der Waals surface area (Å²) < 4.78 is 5.25. The molecule has 92 valence electrons. The van der Waals surface area contributed by atoms with Crippen molar-refractivity contribution in [2.75, 3.05) is 7.11 Å². The number of ether oxygens (including phenoxy) is 1. The summed E-state index contributed by atoms with van der Waals surface area (Å²) in [4.78, 5) is 11.4. The molecule has 0 saturated heterocycles. The molecular weight excluding hydrogens is 248 g/mol. The summed E-state index contributed by atoms with van der Waals surface area (Å²) in [5.41, 5.74) is 2.62. The van der Waals surface area contributed by atoms with Gasteiger partial charge in [-0.1, -0.05) is 29.8 Å². The lowest BCUT2D eigenvalue weighted by molar-refractivity contribution is 0.101. The first kappa shape index (κ1) is 12.7. The summed E-state index contributed by atoms with van der Waals surface area (Å²) >= 11 is 5.86. The molecule has 18 heavy (non-hydrogen) atoms. The van der Waals surface area contributed by atoms with Gasteiger partial charge in [-0.15, -0.1) is 0 Å². The molecule has 0 spiro atoms. The number of carbonyl (C=O) groups is 1. The Morgan fingerprint density at radius 1 is 1.06 bits per heavy atom. The Morgan fingerprint density at radius 2 is 1.67 bits per heavy atom. The van der Waals surface area contributed by atoms with E-state index in [1.807, 2.05) is 36.4 Å². The van der Waals surface area contributed by atoms with Gasteiger partial charge < -0.3 is 4.74 Å². The molecule has 0 amide bonds. The van der Waals surface area contributed by atoms with E-state index in [0.29, 0.717) is 16.3 Å². The van der Waals surface area contributed by atoms with E-state index in [1.165, 1.54) is 6.92 Å². The number of Topliss-reactive ketones (excluding diaryl/α,β-unsaturated/α-hetero) is 1. The number of rotatable bonds is 3. The zero-order valence-electron chi connectivity index (χ0n) is 10.2. The van der Waals surface area contributed by atoms with Crippen LogP contribution < -0.4 is 4.74 Å². The van der Waals surface area contributed by atoms with Gasteiger partial charge in [0.05, 0.1) is 12.7 Å². The highest BCUT2D eigenvalue weighted by atomic mass is 35.5. The standard InChI is InChI=1S/C15H13ClO2/c1-10(17)14-8-5-12(9-15(14)18-2)11-3-6-13(16)7-4-11/h3-9H,1-2H3. The molecule has 0 aliphatic rings. The van der Waals surface area contributed by atoms with Crippen LogP contribution in [0.15, 0.2) is 42.5 Å². The quantitative estimate of drug-likeness (QED) is 0.773. The molecule has 0 aliphatic carbocycles. The minimum atomic E-state index is -0.00509. The maximum absolute atomic E-state index is 11.4. The molecular formula is C15H13ClO2. The smallest absolute Gasteiger partial charge is 0.163 e. The summed E-state index contributed by atoms with van der Waals surface area (Å²) in [6.07, 6.45) is 0. The minimum Gasteiger partial charge on any atom is -0.496 e. The van der Waals surface area contributed by atoms with Gasteiger partial charge in [0.15, 0.2) is 5.78 Å². The average molecular weight is 261 g/mol. The van der Waals surface area contributed by atoms with Crippen molar-refractivity contribution in [2.24, 2.45) is 0 Å². The van der Waals surface area contributed by atoms with Crippen LogP contribution in [0.2, 0.25) is 5.02 Å². The largest absolute Gasteiger partial charge is 0.496 e. The van der Waals surface area contributed by atoms with Crippen molar-refractivity contribution in [3.05, 3.63) is 53.1 Å². The fourth-order valence-electron chi connectivity index (χ4n) is 1.80. The zero-order chi connectivity index (χ0) is 13.1. The molecule has 0 bridgehead atoms.